The zero-order valence-corrected chi connectivity index (χ0v) is 49.9. The minimum absolute atomic E-state index is 0.0112. The van der Waals surface area contributed by atoms with E-state index < -0.39 is 46.7 Å². The van der Waals surface area contributed by atoms with E-state index in [4.69, 9.17) is 4.74 Å². The van der Waals surface area contributed by atoms with E-state index in [0.717, 1.165) is 62.7 Å². The quantitative estimate of drug-likeness (QED) is 0.0822. The van der Waals surface area contributed by atoms with E-state index in [9.17, 15) is 28.8 Å². The van der Waals surface area contributed by atoms with Crippen LogP contribution in [0, 0.1) is 10.8 Å². The molecule has 0 bridgehead atoms. The largest absolute Gasteiger partial charge is 0.444 e. The molecule has 2 aliphatic heterocycles. The molecule has 0 aliphatic carbocycles. The van der Waals surface area contributed by atoms with Crippen LogP contribution in [0.5, 0.6) is 0 Å². The van der Waals surface area contributed by atoms with Crippen LogP contribution >= 0.6 is 0 Å². The van der Waals surface area contributed by atoms with Crippen molar-refractivity contribution >= 4 is 35.6 Å². The van der Waals surface area contributed by atoms with Crippen LogP contribution in [0.25, 0.3) is 0 Å². The minimum atomic E-state index is -0.786. The smallest absolute Gasteiger partial charge is 0.410 e. The van der Waals surface area contributed by atoms with E-state index in [-0.39, 0.29) is 47.7 Å². The fraction of sp³-hybridized carbons (Fsp3) is 0.623. The molecule has 2 aromatic carbocycles. The third-order valence-electron chi connectivity index (χ3n) is 14.8. The fourth-order valence-electron chi connectivity index (χ4n) is 9.60. The maximum atomic E-state index is 14.1. The van der Waals surface area contributed by atoms with Crippen molar-refractivity contribution < 1.29 is 33.5 Å². The maximum Gasteiger partial charge on any atom is 0.410 e. The number of likely N-dealkylation sites (N-methyl/N-ethyl adjacent to an activating group) is 3. The van der Waals surface area contributed by atoms with Crippen LogP contribution in [-0.2, 0) is 48.0 Å². The average Bonchev–Trinajstić information content (AvgIpc) is 4.08. The molecule has 6 amide bonds. The van der Waals surface area contributed by atoms with Gasteiger partial charge in [0.25, 0.3) is 0 Å². The Morgan fingerprint density at radius 2 is 1.18 bits per heavy atom. The van der Waals surface area contributed by atoms with Gasteiger partial charge in [-0.2, -0.15) is 0 Å². The lowest BCUT2D eigenvalue weighted by Crippen LogP contribution is -2.59. The Kier molecular flexibility index (Phi) is 24.8. The van der Waals surface area contributed by atoms with Crippen molar-refractivity contribution in [1.82, 2.24) is 50.8 Å². The van der Waals surface area contributed by atoms with Gasteiger partial charge in [0.1, 0.15) is 23.7 Å². The SMILES string of the molecule is CN[C@H](Cc1cccnc1)C(=O)N(CCc1ccccc1)C[C@@H]1CCCN1C(=O)[C@@H](NC(=O)[C@H](C)N(C)C)C(C)(C)C.C[C@@H](C(=O)N[C@H](C(=O)N1CCC[C@H]1CNCCc1ccccc1)C(C)(C)C)N(C)C(=O)OC(C)(C)C. The molecular formula is C61H96N10O7. The summed E-state index contributed by atoms with van der Waals surface area (Å²) in [7, 11) is 7.04. The lowest BCUT2D eigenvalue weighted by molar-refractivity contribution is -0.142. The molecule has 2 aliphatic rings. The number of hydrogen-bond donors (Lipinski definition) is 4. The summed E-state index contributed by atoms with van der Waals surface area (Å²) in [4.78, 5) is 93.3. The summed E-state index contributed by atoms with van der Waals surface area (Å²) < 4.78 is 5.39. The molecule has 0 spiro atoms. The summed E-state index contributed by atoms with van der Waals surface area (Å²) >= 11 is 0. The van der Waals surface area contributed by atoms with Gasteiger partial charge in [-0.15, -0.1) is 0 Å². The second-order valence-electron chi connectivity index (χ2n) is 24.5. The summed E-state index contributed by atoms with van der Waals surface area (Å²) in [6.07, 6.45) is 8.68. The molecule has 17 nitrogen and oxygen atoms in total. The van der Waals surface area contributed by atoms with Crippen LogP contribution in [-0.4, -0.2) is 180 Å². The lowest BCUT2D eigenvalue weighted by atomic mass is 9.85. The van der Waals surface area contributed by atoms with E-state index in [1.54, 1.807) is 40.1 Å². The standard InChI is InChI=1S/C33H50N6O3.C28H46N4O4/c1-24(37(6)7)30(40)36-29(33(2,3)4)32(42)39-19-12-16-27(39)23-38(20-17-25-13-9-8-10-14-25)31(41)28(34-5)21-26-15-11-18-35-22-26;1-20(31(8)26(35)36-28(5,6)7)24(33)30-23(27(2,3)4)25(34)32-18-12-15-22(32)19-29-17-16-21-13-10-9-11-14-21/h8-11,13-15,18,22,24,27-29,34H,12,16-17,19-21,23H2,1-7H3,(H,36,40);9-11,13-14,20,22-23,29H,12,15-19H2,1-8H3,(H,30,33)/t24-,27-,28+,29+;20-,22-,23+/m00/s1. The zero-order valence-electron chi connectivity index (χ0n) is 49.9. The van der Waals surface area contributed by atoms with Crippen molar-refractivity contribution in [3.05, 3.63) is 102 Å². The molecule has 17 heteroatoms. The molecule has 0 saturated carbocycles. The van der Waals surface area contributed by atoms with E-state index in [2.05, 4.69) is 50.5 Å². The minimum Gasteiger partial charge on any atom is -0.444 e. The fourth-order valence-corrected chi connectivity index (χ4v) is 9.60. The summed E-state index contributed by atoms with van der Waals surface area (Å²) in [5.74, 6) is -0.697. The molecule has 1 aromatic heterocycles. The second-order valence-corrected chi connectivity index (χ2v) is 24.5. The van der Waals surface area contributed by atoms with Crippen molar-refractivity contribution in [2.45, 2.75) is 169 Å². The first-order valence-corrected chi connectivity index (χ1v) is 28.1. The van der Waals surface area contributed by atoms with Crippen LogP contribution in [0.4, 0.5) is 4.79 Å². The van der Waals surface area contributed by atoms with Gasteiger partial charge in [0.2, 0.25) is 29.5 Å². The third-order valence-corrected chi connectivity index (χ3v) is 14.8. The van der Waals surface area contributed by atoms with E-state index in [1.807, 2.05) is 138 Å². The Morgan fingerprint density at radius 1 is 0.679 bits per heavy atom. The summed E-state index contributed by atoms with van der Waals surface area (Å²) in [6, 6.07) is 21.4. The van der Waals surface area contributed by atoms with Crippen LogP contribution in [0.15, 0.2) is 85.2 Å². The molecule has 3 aromatic rings. The van der Waals surface area contributed by atoms with Gasteiger partial charge in [0.15, 0.2) is 0 Å². The maximum absolute atomic E-state index is 14.1. The second kappa shape index (κ2) is 29.9. The van der Waals surface area contributed by atoms with Gasteiger partial charge in [-0.25, -0.2) is 4.79 Å². The van der Waals surface area contributed by atoms with Gasteiger partial charge < -0.3 is 40.7 Å². The zero-order chi connectivity index (χ0) is 58.0. The van der Waals surface area contributed by atoms with Crippen molar-refractivity contribution in [2.75, 3.05) is 67.5 Å². The van der Waals surface area contributed by atoms with Gasteiger partial charge >= 0.3 is 6.09 Å². The predicted molar refractivity (Wildman–Crippen MR) is 309 cm³/mol. The number of carbonyl (C=O) groups excluding carboxylic acids is 6. The molecule has 5 rings (SSSR count). The highest BCUT2D eigenvalue weighted by molar-refractivity contribution is 5.92. The number of likely N-dealkylation sites (tertiary alicyclic amines) is 2. The Hall–Kier alpha value is -5.91. The summed E-state index contributed by atoms with van der Waals surface area (Å²) in [5, 5.41) is 12.7. The number of amides is 6. The highest BCUT2D eigenvalue weighted by atomic mass is 16.6. The van der Waals surface area contributed by atoms with Crippen molar-refractivity contribution in [1.29, 1.82) is 0 Å². The molecular weight excluding hydrogens is 985 g/mol. The molecule has 2 fully saturated rings. The summed E-state index contributed by atoms with van der Waals surface area (Å²) in [5.41, 5.74) is 1.80. The molecule has 3 heterocycles. The number of benzene rings is 2. The molecule has 0 unspecified atom stereocenters. The Balaban J connectivity index is 0.000000341. The predicted octanol–water partition coefficient (Wildman–Crippen LogP) is 6.35. The van der Waals surface area contributed by atoms with Crippen molar-refractivity contribution in [3.8, 4) is 0 Å². The first kappa shape index (κ1) is 64.6. The number of nitrogens with one attached hydrogen (secondary N) is 4. The number of nitrogens with zero attached hydrogens (tertiary/aromatic N) is 6. The number of ether oxygens (including phenoxy) is 1. The number of hydrogen-bond acceptors (Lipinski definition) is 11. The Morgan fingerprint density at radius 3 is 1.67 bits per heavy atom. The van der Waals surface area contributed by atoms with Crippen LogP contribution in [0.1, 0.15) is 119 Å². The molecule has 0 radical (unpaired) electrons. The van der Waals surface area contributed by atoms with Crippen molar-refractivity contribution in [3.63, 3.8) is 0 Å². The Bertz CT molecular complexity index is 2350. The van der Waals surface area contributed by atoms with E-state index >= 15 is 0 Å². The van der Waals surface area contributed by atoms with Crippen LogP contribution < -0.4 is 21.3 Å². The van der Waals surface area contributed by atoms with Gasteiger partial charge in [0.05, 0.1) is 12.1 Å². The van der Waals surface area contributed by atoms with Gasteiger partial charge in [0, 0.05) is 64.2 Å². The molecule has 7 atom stereocenters. The van der Waals surface area contributed by atoms with E-state index in [0.29, 0.717) is 32.6 Å². The first-order chi connectivity index (χ1) is 36.6. The monoisotopic (exact) mass is 1080 g/mol. The van der Waals surface area contributed by atoms with Crippen LogP contribution in [0.3, 0.4) is 0 Å². The van der Waals surface area contributed by atoms with Crippen LogP contribution in [0.2, 0.25) is 0 Å². The molecule has 78 heavy (non-hydrogen) atoms. The molecule has 4 N–H and O–H groups in total. The normalized spacial score (nSPS) is 17.7. The summed E-state index contributed by atoms with van der Waals surface area (Å²) in [6.45, 7) is 24.4. The highest BCUT2D eigenvalue weighted by Gasteiger charge is 2.43. The molecule has 2 saturated heterocycles. The van der Waals surface area contributed by atoms with Crippen molar-refractivity contribution in [2.24, 2.45) is 10.8 Å². The van der Waals surface area contributed by atoms with Gasteiger partial charge in [-0.3, -0.25) is 38.8 Å². The van der Waals surface area contributed by atoms with Gasteiger partial charge in [-0.1, -0.05) is 108 Å². The van der Waals surface area contributed by atoms with E-state index in [1.165, 1.54) is 17.5 Å². The number of pyridine rings is 1. The number of aromatic nitrogens is 1. The lowest BCUT2D eigenvalue weighted by Gasteiger charge is -2.38. The highest BCUT2D eigenvalue weighted by Crippen LogP contribution is 2.28. The topological polar surface area (TPSA) is 189 Å². The third kappa shape index (κ3) is 20.1. The Labute approximate surface area is 467 Å². The molecule has 432 valence electrons. The van der Waals surface area contributed by atoms with Gasteiger partial charge in [-0.05, 0) is 141 Å². The first-order valence-electron chi connectivity index (χ1n) is 28.1. The number of carbonyl (C=O) groups is 6. The number of rotatable bonds is 22. The average molecular weight is 1080 g/mol.